The molecule has 7 heteroatoms. The number of primary amides is 1. The lowest BCUT2D eigenvalue weighted by Crippen LogP contribution is -2.27. The molecule has 2 aromatic heterocycles. The summed E-state index contributed by atoms with van der Waals surface area (Å²) in [6, 6.07) is 21.1. The highest BCUT2D eigenvalue weighted by atomic mass is 16.5. The topological polar surface area (TPSA) is 92.5 Å². The van der Waals surface area contributed by atoms with Crippen LogP contribution < -0.4 is 5.73 Å². The summed E-state index contributed by atoms with van der Waals surface area (Å²) in [5, 5.41) is 6.04. The fraction of sp³-hybridized carbons (Fsp3) is 0.353. The number of nitrogens with two attached hydrogens (primary N) is 1. The van der Waals surface area contributed by atoms with Crippen LogP contribution in [-0.4, -0.2) is 36.0 Å². The van der Waals surface area contributed by atoms with Gasteiger partial charge in [-0.2, -0.15) is 0 Å². The van der Waals surface area contributed by atoms with Crippen molar-refractivity contribution in [1.29, 1.82) is 0 Å². The lowest BCUT2D eigenvalue weighted by Gasteiger charge is -2.33. The number of amides is 1. The predicted octanol–water partition coefficient (Wildman–Crippen LogP) is 7.06. The van der Waals surface area contributed by atoms with Gasteiger partial charge in [0.05, 0.1) is 28.4 Å². The van der Waals surface area contributed by atoms with Crippen molar-refractivity contribution in [2.24, 2.45) is 11.7 Å². The lowest BCUT2D eigenvalue weighted by molar-refractivity contribution is 0.0193. The number of rotatable bonds is 7. The minimum atomic E-state index is -0.495. The first kappa shape index (κ1) is 27.2. The molecule has 0 spiro atoms. The van der Waals surface area contributed by atoms with E-state index >= 15 is 0 Å². The molecule has 41 heavy (non-hydrogen) atoms. The van der Waals surface area contributed by atoms with Crippen LogP contribution in [0, 0.1) is 19.8 Å². The van der Waals surface area contributed by atoms with E-state index in [0.717, 1.165) is 70.2 Å². The standard InChI is InChI=1S/C34H37N3O4/c1-20-30(21(2)41-36-20)24-17-27(33(35)38)31-26-12-11-25(34(3,4)39-5)19-28(26)37(29(31)18-24)32(22-9-7-6-8-10-22)23-13-15-40-16-14-23/h6-12,17-19,23,32H,13-16H2,1-5H3,(H2,35,38)/t32-/m1/s1. The monoisotopic (exact) mass is 551 g/mol. The predicted molar refractivity (Wildman–Crippen MR) is 161 cm³/mol. The summed E-state index contributed by atoms with van der Waals surface area (Å²) < 4.78 is 19.6. The van der Waals surface area contributed by atoms with Crippen LogP contribution in [0.2, 0.25) is 0 Å². The Hall–Kier alpha value is -3.94. The van der Waals surface area contributed by atoms with E-state index in [-0.39, 0.29) is 6.04 Å². The van der Waals surface area contributed by atoms with Gasteiger partial charge < -0.3 is 24.3 Å². The maximum absolute atomic E-state index is 13.1. The molecule has 6 rings (SSSR count). The van der Waals surface area contributed by atoms with Crippen molar-refractivity contribution in [3.8, 4) is 11.1 Å². The molecular formula is C34H37N3O4. The van der Waals surface area contributed by atoms with Gasteiger partial charge in [-0.25, -0.2) is 0 Å². The fourth-order valence-corrected chi connectivity index (χ4v) is 6.51. The highest BCUT2D eigenvalue weighted by Crippen LogP contribution is 2.44. The number of benzene rings is 3. The van der Waals surface area contributed by atoms with E-state index in [2.05, 4.69) is 78.2 Å². The van der Waals surface area contributed by atoms with Gasteiger partial charge in [0.25, 0.3) is 0 Å². The average Bonchev–Trinajstić information content (AvgIpc) is 3.49. The Bertz CT molecular complexity index is 1720. The third-order valence-electron chi connectivity index (χ3n) is 8.83. The number of carbonyl (C=O) groups excluding carboxylic acids is 1. The largest absolute Gasteiger partial charge is 0.381 e. The van der Waals surface area contributed by atoms with Crippen molar-refractivity contribution in [3.05, 3.63) is 88.8 Å². The quantitative estimate of drug-likeness (QED) is 0.234. The van der Waals surface area contributed by atoms with Gasteiger partial charge in [-0.05, 0) is 81.3 Å². The van der Waals surface area contributed by atoms with Crippen LogP contribution in [0.15, 0.2) is 65.2 Å². The zero-order valence-electron chi connectivity index (χ0n) is 24.4. The molecule has 0 unspecified atom stereocenters. The van der Waals surface area contributed by atoms with Crippen LogP contribution in [0.25, 0.3) is 32.9 Å². The fourth-order valence-electron chi connectivity index (χ4n) is 6.51. The Kier molecular flexibility index (Phi) is 6.96. The van der Waals surface area contributed by atoms with Gasteiger partial charge in [0, 0.05) is 42.2 Å². The molecule has 5 aromatic rings. The summed E-state index contributed by atoms with van der Waals surface area (Å²) in [6.07, 6.45) is 1.88. The van der Waals surface area contributed by atoms with E-state index in [1.807, 2.05) is 19.9 Å². The normalized spacial score (nSPS) is 15.5. The number of nitrogens with zero attached hydrogens (tertiary/aromatic N) is 2. The van der Waals surface area contributed by atoms with Gasteiger partial charge in [-0.15, -0.1) is 0 Å². The second kappa shape index (κ2) is 10.5. The maximum Gasteiger partial charge on any atom is 0.249 e. The molecule has 0 saturated carbocycles. The Labute approximate surface area is 240 Å². The van der Waals surface area contributed by atoms with Crippen LogP contribution in [-0.2, 0) is 15.1 Å². The first-order chi connectivity index (χ1) is 19.7. The molecule has 1 fully saturated rings. The van der Waals surface area contributed by atoms with Crippen molar-refractivity contribution in [3.63, 3.8) is 0 Å². The molecular weight excluding hydrogens is 514 g/mol. The first-order valence-corrected chi connectivity index (χ1v) is 14.2. The molecule has 1 aliphatic rings. The van der Waals surface area contributed by atoms with Gasteiger partial charge in [-0.3, -0.25) is 4.79 Å². The van der Waals surface area contributed by atoms with Crippen molar-refractivity contribution >= 4 is 27.7 Å². The minimum absolute atomic E-state index is 0.0154. The van der Waals surface area contributed by atoms with E-state index in [0.29, 0.717) is 17.2 Å². The van der Waals surface area contributed by atoms with E-state index in [1.165, 1.54) is 5.56 Å². The summed E-state index contributed by atoms with van der Waals surface area (Å²) in [4.78, 5) is 13.1. The molecule has 0 radical (unpaired) electrons. The van der Waals surface area contributed by atoms with Gasteiger partial charge in [0.1, 0.15) is 5.76 Å². The van der Waals surface area contributed by atoms with Crippen LogP contribution in [0.3, 0.4) is 0 Å². The van der Waals surface area contributed by atoms with E-state index in [9.17, 15) is 4.79 Å². The smallest absolute Gasteiger partial charge is 0.249 e. The zero-order valence-corrected chi connectivity index (χ0v) is 24.4. The Morgan fingerprint density at radius 3 is 2.41 bits per heavy atom. The second-order valence-electron chi connectivity index (χ2n) is 11.6. The summed E-state index contributed by atoms with van der Waals surface area (Å²) in [5.41, 5.74) is 12.9. The summed E-state index contributed by atoms with van der Waals surface area (Å²) in [7, 11) is 1.73. The number of carbonyl (C=O) groups is 1. The third kappa shape index (κ3) is 4.63. The van der Waals surface area contributed by atoms with E-state index in [4.69, 9.17) is 19.7 Å². The maximum atomic E-state index is 13.1. The van der Waals surface area contributed by atoms with Crippen molar-refractivity contribution in [1.82, 2.24) is 9.72 Å². The molecule has 3 aromatic carbocycles. The van der Waals surface area contributed by atoms with Gasteiger partial charge in [0.15, 0.2) is 0 Å². The van der Waals surface area contributed by atoms with E-state index < -0.39 is 11.5 Å². The zero-order chi connectivity index (χ0) is 28.9. The Balaban J connectivity index is 1.77. The molecule has 3 heterocycles. The minimum Gasteiger partial charge on any atom is -0.381 e. The van der Waals surface area contributed by atoms with Crippen molar-refractivity contribution in [2.75, 3.05) is 20.3 Å². The van der Waals surface area contributed by atoms with Crippen molar-refractivity contribution < 1.29 is 18.8 Å². The summed E-state index contributed by atoms with van der Waals surface area (Å²) in [6.45, 7) is 9.40. The number of fused-ring (bicyclic) bond motifs is 3. The second-order valence-corrected chi connectivity index (χ2v) is 11.6. The molecule has 1 saturated heterocycles. The molecule has 7 nitrogen and oxygen atoms in total. The van der Waals surface area contributed by atoms with Crippen molar-refractivity contribution in [2.45, 2.75) is 52.2 Å². The number of aryl methyl sites for hydroxylation is 2. The number of hydrogen-bond donors (Lipinski definition) is 1. The highest BCUT2D eigenvalue weighted by molar-refractivity contribution is 6.19. The van der Waals surface area contributed by atoms with Crippen LogP contribution in [0.1, 0.15) is 65.7 Å². The molecule has 1 amide bonds. The lowest BCUT2D eigenvalue weighted by atomic mass is 9.86. The summed E-state index contributed by atoms with van der Waals surface area (Å²) in [5.74, 6) is 0.572. The van der Waals surface area contributed by atoms with E-state index in [1.54, 1.807) is 7.11 Å². The Morgan fingerprint density at radius 1 is 1.05 bits per heavy atom. The SMILES string of the molecule is COC(C)(C)c1ccc2c3c(C(N)=O)cc(-c4c(C)noc4C)cc3n([C@H](c3ccccc3)C3CCOCC3)c2c1. The molecule has 2 N–H and O–H groups in total. The molecule has 212 valence electrons. The average molecular weight is 552 g/mol. The van der Waals surface area contributed by atoms with Gasteiger partial charge in [0.2, 0.25) is 5.91 Å². The number of hydrogen-bond acceptors (Lipinski definition) is 5. The molecule has 1 aliphatic heterocycles. The van der Waals surface area contributed by atoms with Gasteiger partial charge in [-0.1, -0.05) is 47.6 Å². The van der Waals surface area contributed by atoms with Crippen LogP contribution >= 0.6 is 0 Å². The van der Waals surface area contributed by atoms with Crippen LogP contribution in [0.5, 0.6) is 0 Å². The number of ether oxygens (including phenoxy) is 2. The number of aromatic nitrogens is 2. The summed E-state index contributed by atoms with van der Waals surface area (Å²) >= 11 is 0. The Morgan fingerprint density at radius 2 is 1.78 bits per heavy atom. The first-order valence-electron chi connectivity index (χ1n) is 14.2. The molecule has 0 bridgehead atoms. The molecule has 0 aliphatic carbocycles. The molecule has 1 atom stereocenters. The number of methoxy groups -OCH3 is 1. The highest BCUT2D eigenvalue weighted by Gasteiger charge is 2.32. The third-order valence-corrected chi connectivity index (χ3v) is 8.83. The van der Waals surface area contributed by atoms with Crippen LogP contribution in [0.4, 0.5) is 0 Å². The van der Waals surface area contributed by atoms with Gasteiger partial charge >= 0.3 is 0 Å².